The fourth-order valence-electron chi connectivity index (χ4n) is 2.43. The van der Waals surface area contributed by atoms with Crippen LogP contribution in [0, 0.1) is 5.92 Å². The molecule has 0 unspecified atom stereocenters. The molecule has 0 bridgehead atoms. The van der Waals surface area contributed by atoms with Gasteiger partial charge >= 0.3 is 5.97 Å². The van der Waals surface area contributed by atoms with E-state index in [1.165, 1.54) is 0 Å². The molecule has 0 aliphatic carbocycles. The Bertz CT molecular complexity index is 592. The van der Waals surface area contributed by atoms with Gasteiger partial charge in [0.05, 0.1) is 12.5 Å². The molecule has 3 N–H and O–H groups in total. The van der Waals surface area contributed by atoms with Gasteiger partial charge in [0.1, 0.15) is 13.2 Å². The van der Waals surface area contributed by atoms with Crippen LogP contribution in [0.2, 0.25) is 0 Å². The van der Waals surface area contributed by atoms with Crippen LogP contribution in [-0.2, 0) is 9.59 Å². The SMILES string of the molecule is CN(CCO)C[C@H](CC(=O)Nc1ccc2c(c1)OCCO2)C(=O)O. The number of benzene rings is 1. The number of carbonyl (C=O) groups excluding carboxylic acids is 1. The van der Waals surface area contributed by atoms with Crippen molar-refractivity contribution in [2.75, 3.05) is 45.3 Å². The number of hydrogen-bond acceptors (Lipinski definition) is 6. The number of carbonyl (C=O) groups is 2. The van der Waals surface area contributed by atoms with Crippen molar-refractivity contribution < 1.29 is 29.3 Å². The van der Waals surface area contributed by atoms with Crippen LogP contribution in [0.3, 0.4) is 0 Å². The predicted octanol–water partition coefficient (Wildman–Crippen LogP) is 0.411. The summed E-state index contributed by atoms with van der Waals surface area (Å²) in [4.78, 5) is 25.1. The molecule has 8 nitrogen and oxygen atoms in total. The number of nitrogens with zero attached hydrogens (tertiary/aromatic N) is 1. The molecular weight excluding hydrogens is 316 g/mol. The summed E-state index contributed by atoms with van der Waals surface area (Å²) >= 11 is 0. The van der Waals surface area contributed by atoms with Crippen molar-refractivity contribution in [3.63, 3.8) is 0 Å². The Morgan fingerprint density at radius 3 is 2.67 bits per heavy atom. The molecule has 8 heteroatoms. The molecule has 1 heterocycles. The van der Waals surface area contributed by atoms with Crippen LogP contribution in [0.15, 0.2) is 18.2 Å². The number of hydrogen-bond donors (Lipinski definition) is 3. The molecule has 0 saturated carbocycles. The van der Waals surface area contributed by atoms with Crippen molar-refractivity contribution in [2.45, 2.75) is 6.42 Å². The zero-order valence-electron chi connectivity index (χ0n) is 13.5. The van der Waals surface area contributed by atoms with Gasteiger partial charge in [-0.3, -0.25) is 9.59 Å². The van der Waals surface area contributed by atoms with Crippen LogP contribution in [-0.4, -0.2) is 66.9 Å². The Labute approximate surface area is 140 Å². The number of aliphatic hydroxyl groups is 1. The van der Waals surface area contributed by atoms with Crippen LogP contribution < -0.4 is 14.8 Å². The molecule has 1 aliphatic heterocycles. The molecule has 0 spiro atoms. The number of ether oxygens (including phenoxy) is 2. The van der Waals surface area contributed by atoms with Gasteiger partial charge in [-0.15, -0.1) is 0 Å². The highest BCUT2D eigenvalue weighted by molar-refractivity contribution is 5.93. The molecule has 0 saturated heterocycles. The van der Waals surface area contributed by atoms with Gasteiger partial charge in [-0.2, -0.15) is 0 Å². The number of carboxylic acids is 1. The van der Waals surface area contributed by atoms with E-state index in [0.717, 1.165) is 0 Å². The molecule has 24 heavy (non-hydrogen) atoms. The van der Waals surface area contributed by atoms with Crippen molar-refractivity contribution in [3.8, 4) is 11.5 Å². The fraction of sp³-hybridized carbons (Fsp3) is 0.500. The summed E-state index contributed by atoms with van der Waals surface area (Å²) in [5, 5.41) is 20.8. The highest BCUT2D eigenvalue weighted by Gasteiger charge is 2.23. The summed E-state index contributed by atoms with van der Waals surface area (Å²) < 4.78 is 10.8. The van der Waals surface area contributed by atoms with Crippen molar-refractivity contribution in [1.29, 1.82) is 0 Å². The van der Waals surface area contributed by atoms with Crippen molar-refractivity contribution in [1.82, 2.24) is 4.90 Å². The summed E-state index contributed by atoms with van der Waals surface area (Å²) in [5.41, 5.74) is 0.525. The van der Waals surface area contributed by atoms with E-state index < -0.39 is 17.8 Å². The van der Waals surface area contributed by atoms with Crippen molar-refractivity contribution in [3.05, 3.63) is 18.2 Å². The first-order valence-electron chi connectivity index (χ1n) is 7.71. The lowest BCUT2D eigenvalue weighted by Crippen LogP contribution is -2.34. The average molecular weight is 338 g/mol. The summed E-state index contributed by atoms with van der Waals surface area (Å²) in [5.74, 6) is -1.11. The number of aliphatic carboxylic acids is 1. The largest absolute Gasteiger partial charge is 0.486 e. The van der Waals surface area contributed by atoms with Gasteiger partial charge in [-0.1, -0.05) is 0 Å². The van der Waals surface area contributed by atoms with Crippen molar-refractivity contribution in [2.24, 2.45) is 5.92 Å². The van der Waals surface area contributed by atoms with Gasteiger partial charge < -0.3 is 29.9 Å². The molecule has 1 aromatic rings. The minimum Gasteiger partial charge on any atom is -0.486 e. The maximum Gasteiger partial charge on any atom is 0.308 e. The van der Waals surface area contributed by atoms with Gasteiger partial charge in [0.2, 0.25) is 5.91 Å². The molecule has 1 amide bonds. The van der Waals surface area contributed by atoms with E-state index in [4.69, 9.17) is 14.6 Å². The van der Waals surface area contributed by atoms with E-state index in [-0.39, 0.29) is 19.6 Å². The van der Waals surface area contributed by atoms with Gasteiger partial charge in [-0.05, 0) is 19.2 Å². The van der Waals surface area contributed by atoms with Crippen molar-refractivity contribution >= 4 is 17.6 Å². The van der Waals surface area contributed by atoms with E-state index in [1.807, 2.05) is 0 Å². The molecule has 2 rings (SSSR count). The van der Waals surface area contributed by atoms with E-state index in [0.29, 0.717) is 36.9 Å². The first kappa shape index (κ1) is 18.0. The average Bonchev–Trinajstić information content (AvgIpc) is 2.54. The second-order valence-corrected chi connectivity index (χ2v) is 5.63. The lowest BCUT2D eigenvalue weighted by molar-refractivity contribution is -0.144. The lowest BCUT2D eigenvalue weighted by Gasteiger charge is -2.21. The van der Waals surface area contributed by atoms with Crippen LogP contribution in [0.4, 0.5) is 5.69 Å². The highest BCUT2D eigenvalue weighted by atomic mass is 16.6. The number of fused-ring (bicyclic) bond motifs is 1. The fourth-order valence-corrected chi connectivity index (χ4v) is 2.43. The van der Waals surface area contributed by atoms with E-state index in [2.05, 4.69) is 5.32 Å². The van der Waals surface area contributed by atoms with E-state index in [9.17, 15) is 14.7 Å². The molecule has 132 valence electrons. The molecular formula is C16H22N2O6. The molecule has 0 fully saturated rings. The normalized spacial score (nSPS) is 14.3. The monoisotopic (exact) mass is 338 g/mol. The number of nitrogens with one attached hydrogen (secondary N) is 1. The van der Waals surface area contributed by atoms with Gasteiger partial charge in [0.15, 0.2) is 11.5 Å². The number of amides is 1. The zero-order valence-corrected chi connectivity index (χ0v) is 13.5. The third-order valence-electron chi connectivity index (χ3n) is 3.62. The predicted molar refractivity (Wildman–Crippen MR) is 86.4 cm³/mol. The topological polar surface area (TPSA) is 108 Å². The molecule has 1 aliphatic rings. The summed E-state index contributed by atoms with van der Waals surface area (Å²) in [6.45, 7) is 1.41. The Hall–Kier alpha value is -2.32. The van der Waals surface area contributed by atoms with Crippen LogP contribution in [0.25, 0.3) is 0 Å². The van der Waals surface area contributed by atoms with Crippen LogP contribution in [0.5, 0.6) is 11.5 Å². The Balaban J connectivity index is 1.94. The first-order chi connectivity index (χ1) is 11.5. The molecule has 1 aromatic carbocycles. The van der Waals surface area contributed by atoms with E-state index in [1.54, 1.807) is 30.1 Å². The summed E-state index contributed by atoms with van der Waals surface area (Å²) in [6, 6.07) is 5.03. The Morgan fingerprint density at radius 2 is 2.00 bits per heavy atom. The van der Waals surface area contributed by atoms with Crippen LogP contribution >= 0.6 is 0 Å². The molecule has 0 aromatic heterocycles. The number of aliphatic hydroxyl groups excluding tert-OH is 1. The third kappa shape index (κ3) is 5.10. The summed E-state index contributed by atoms with van der Waals surface area (Å²) in [6.07, 6.45) is -0.153. The minimum atomic E-state index is -1.04. The Morgan fingerprint density at radius 1 is 1.29 bits per heavy atom. The Kier molecular flexibility index (Phi) is 6.39. The maximum absolute atomic E-state index is 12.1. The smallest absolute Gasteiger partial charge is 0.308 e. The maximum atomic E-state index is 12.1. The molecule has 0 radical (unpaired) electrons. The number of rotatable bonds is 8. The minimum absolute atomic E-state index is 0.0633. The second kappa shape index (κ2) is 8.51. The van der Waals surface area contributed by atoms with Gasteiger partial charge in [0.25, 0.3) is 0 Å². The highest BCUT2D eigenvalue weighted by Crippen LogP contribution is 2.32. The standard InChI is InChI=1S/C16H22N2O6/c1-18(4-5-19)10-11(16(21)22)8-15(20)17-12-2-3-13-14(9-12)24-7-6-23-13/h2-3,9,11,19H,4-8,10H2,1H3,(H,17,20)(H,21,22)/t11-/m0/s1. The third-order valence-corrected chi connectivity index (χ3v) is 3.62. The zero-order chi connectivity index (χ0) is 17.5. The number of anilines is 1. The first-order valence-corrected chi connectivity index (χ1v) is 7.71. The van der Waals surface area contributed by atoms with E-state index >= 15 is 0 Å². The van der Waals surface area contributed by atoms with Gasteiger partial charge in [0, 0.05) is 31.3 Å². The second-order valence-electron chi connectivity index (χ2n) is 5.63. The lowest BCUT2D eigenvalue weighted by atomic mass is 10.0. The van der Waals surface area contributed by atoms with Crippen LogP contribution in [0.1, 0.15) is 6.42 Å². The molecule has 1 atom stereocenters. The summed E-state index contributed by atoms with van der Waals surface area (Å²) in [7, 11) is 1.70. The number of carboxylic acid groups (broad SMARTS) is 1. The number of likely N-dealkylation sites (N-methyl/N-ethyl adjacent to an activating group) is 1. The van der Waals surface area contributed by atoms with Gasteiger partial charge in [-0.25, -0.2) is 0 Å². The quantitative estimate of drug-likeness (QED) is 0.630.